The van der Waals surface area contributed by atoms with Crippen molar-refractivity contribution in [2.75, 3.05) is 19.6 Å². The van der Waals surface area contributed by atoms with Gasteiger partial charge in [0.1, 0.15) is 5.82 Å². The summed E-state index contributed by atoms with van der Waals surface area (Å²) in [5, 5.41) is 0. The van der Waals surface area contributed by atoms with Gasteiger partial charge in [-0.3, -0.25) is 9.36 Å². The molecule has 7 nitrogen and oxygen atoms in total. The summed E-state index contributed by atoms with van der Waals surface area (Å²) in [6.07, 6.45) is 6.14. The molecule has 3 rings (SSSR count). The smallest absolute Gasteiger partial charge is 0.328 e. The van der Waals surface area contributed by atoms with E-state index < -0.39 is 0 Å². The van der Waals surface area contributed by atoms with Crippen molar-refractivity contribution in [1.29, 1.82) is 0 Å². The predicted octanol–water partition coefficient (Wildman–Crippen LogP) is 0.941. The Morgan fingerprint density at radius 1 is 1.33 bits per heavy atom. The molecule has 1 fully saturated rings. The molecule has 130 valence electrons. The van der Waals surface area contributed by atoms with Crippen molar-refractivity contribution < 1.29 is 0 Å². The van der Waals surface area contributed by atoms with E-state index in [-0.39, 0.29) is 11.2 Å². The summed E-state index contributed by atoms with van der Waals surface area (Å²) >= 11 is 0. The van der Waals surface area contributed by atoms with Crippen molar-refractivity contribution in [3.63, 3.8) is 0 Å². The number of piperidine rings is 1. The molecule has 1 aliphatic rings. The van der Waals surface area contributed by atoms with Gasteiger partial charge in [0.2, 0.25) is 0 Å². The second-order valence-corrected chi connectivity index (χ2v) is 6.46. The molecule has 0 spiro atoms. The minimum Gasteiger partial charge on any atom is -0.335 e. The van der Waals surface area contributed by atoms with Crippen LogP contribution in [-0.2, 0) is 13.1 Å². The van der Waals surface area contributed by atoms with E-state index in [1.165, 1.54) is 10.6 Å². The molecule has 0 bridgehead atoms. The molecule has 0 aromatic carbocycles. The summed E-state index contributed by atoms with van der Waals surface area (Å²) in [6.45, 7) is 7.83. The molecule has 2 aromatic heterocycles. The molecule has 1 saturated heterocycles. The fourth-order valence-electron chi connectivity index (χ4n) is 3.51. The molecule has 3 heterocycles. The van der Waals surface area contributed by atoms with Crippen molar-refractivity contribution in [2.24, 2.45) is 0 Å². The van der Waals surface area contributed by atoms with Crippen LogP contribution in [0.15, 0.2) is 28.0 Å². The zero-order valence-corrected chi connectivity index (χ0v) is 14.4. The van der Waals surface area contributed by atoms with E-state index in [9.17, 15) is 9.59 Å². The van der Waals surface area contributed by atoms with E-state index in [0.29, 0.717) is 24.7 Å². The first-order valence-electron chi connectivity index (χ1n) is 8.62. The molecule has 24 heavy (non-hydrogen) atoms. The van der Waals surface area contributed by atoms with Crippen molar-refractivity contribution in [3.8, 4) is 0 Å². The Morgan fingerprint density at radius 2 is 2.17 bits per heavy atom. The summed E-state index contributed by atoms with van der Waals surface area (Å²) in [6, 6.07) is 1.47. The average molecular weight is 331 g/mol. The SMILES string of the molecule is CCn1ccnc1[C@@H]1CCCN(CCn2c(=O)cc(C)[nH]c2=O)C1. The molecule has 7 heteroatoms. The van der Waals surface area contributed by atoms with Gasteiger partial charge in [-0.15, -0.1) is 0 Å². The van der Waals surface area contributed by atoms with Crippen molar-refractivity contribution in [1.82, 2.24) is 24.0 Å². The average Bonchev–Trinajstić information content (AvgIpc) is 3.03. The molecule has 0 unspecified atom stereocenters. The third kappa shape index (κ3) is 3.51. The lowest BCUT2D eigenvalue weighted by Crippen LogP contribution is -2.42. The van der Waals surface area contributed by atoms with Crippen LogP contribution in [0.1, 0.15) is 37.2 Å². The fraction of sp³-hybridized carbons (Fsp3) is 0.588. The van der Waals surface area contributed by atoms with Gasteiger partial charge in [0, 0.05) is 56.3 Å². The van der Waals surface area contributed by atoms with Gasteiger partial charge in [-0.05, 0) is 33.2 Å². The maximum atomic E-state index is 12.0. The molecule has 2 aromatic rings. The molecular formula is C17H25N5O2. The molecule has 1 N–H and O–H groups in total. The van der Waals surface area contributed by atoms with Crippen LogP contribution >= 0.6 is 0 Å². The van der Waals surface area contributed by atoms with Crippen molar-refractivity contribution >= 4 is 0 Å². The molecular weight excluding hydrogens is 306 g/mol. The molecule has 0 aliphatic carbocycles. The Bertz CT molecular complexity index is 773. The van der Waals surface area contributed by atoms with Gasteiger partial charge in [0.15, 0.2) is 0 Å². The minimum absolute atomic E-state index is 0.230. The normalized spacial score (nSPS) is 18.8. The van der Waals surface area contributed by atoms with E-state index in [1.54, 1.807) is 6.92 Å². The van der Waals surface area contributed by atoms with Gasteiger partial charge in [-0.2, -0.15) is 0 Å². The predicted molar refractivity (Wildman–Crippen MR) is 92.4 cm³/mol. The first kappa shape index (κ1) is 16.7. The highest BCUT2D eigenvalue weighted by Crippen LogP contribution is 2.25. The fourth-order valence-corrected chi connectivity index (χ4v) is 3.51. The molecule has 1 aliphatic heterocycles. The maximum absolute atomic E-state index is 12.0. The van der Waals surface area contributed by atoms with Gasteiger partial charge >= 0.3 is 5.69 Å². The highest BCUT2D eigenvalue weighted by Gasteiger charge is 2.24. The van der Waals surface area contributed by atoms with Gasteiger partial charge in [0.05, 0.1) is 0 Å². The molecule has 0 saturated carbocycles. The number of aromatic nitrogens is 4. The van der Waals surface area contributed by atoms with Crippen LogP contribution in [-0.4, -0.2) is 43.6 Å². The summed E-state index contributed by atoms with van der Waals surface area (Å²) in [4.78, 5) is 33.5. The Kier molecular flexibility index (Phi) is 4.99. The van der Waals surface area contributed by atoms with E-state index in [1.807, 2.05) is 12.4 Å². The van der Waals surface area contributed by atoms with Crippen LogP contribution < -0.4 is 11.2 Å². The Balaban J connectivity index is 1.66. The molecule has 0 radical (unpaired) electrons. The Labute approximate surface area is 141 Å². The van der Waals surface area contributed by atoms with Crippen LogP contribution in [0.4, 0.5) is 0 Å². The highest BCUT2D eigenvalue weighted by molar-refractivity contribution is 5.03. The topological polar surface area (TPSA) is 75.9 Å². The second-order valence-electron chi connectivity index (χ2n) is 6.46. The molecule has 0 amide bonds. The van der Waals surface area contributed by atoms with Gasteiger partial charge in [0.25, 0.3) is 5.56 Å². The number of H-pyrrole nitrogens is 1. The number of aromatic amines is 1. The number of nitrogens with zero attached hydrogens (tertiary/aromatic N) is 4. The monoisotopic (exact) mass is 331 g/mol. The summed E-state index contributed by atoms with van der Waals surface area (Å²) in [5.41, 5.74) is 0.0482. The lowest BCUT2D eigenvalue weighted by molar-refractivity contribution is 0.194. The van der Waals surface area contributed by atoms with Crippen LogP contribution in [0.25, 0.3) is 0 Å². The highest BCUT2D eigenvalue weighted by atomic mass is 16.2. The van der Waals surface area contributed by atoms with Crippen LogP contribution in [0.3, 0.4) is 0 Å². The zero-order chi connectivity index (χ0) is 17.1. The second kappa shape index (κ2) is 7.17. The Morgan fingerprint density at radius 3 is 2.92 bits per heavy atom. The van der Waals surface area contributed by atoms with Crippen LogP contribution in [0.5, 0.6) is 0 Å². The zero-order valence-electron chi connectivity index (χ0n) is 14.4. The number of rotatable bonds is 5. The van der Waals surface area contributed by atoms with Crippen LogP contribution in [0.2, 0.25) is 0 Å². The van der Waals surface area contributed by atoms with Crippen molar-refractivity contribution in [2.45, 2.75) is 45.7 Å². The van der Waals surface area contributed by atoms with Crippen LogP contribution in [0, 0.1) is 6.92 Å². The third-order valence-electron chi connectivity index (χ3n) is 4.75. The quantitative estimate of drug-likeness (QED) is 0.885. The summed E-state index contributed by atoms with van der Waals surface area (Å²) < 4.78 is 3.48. The lowest BCUT2D eigenvalue weighted by Gasteiger charge is -2.32. The minimum atomic E-state index is -0.324. The van der Waals surface area contributed by atoms with E-state index in [0.717, 1.165) is 38.3 Å². The molecule has 1 atom stereocenters. The maximum Gasteiger partial charge on any atom is 0.328 e. The van der Waals surface area contributed by atoms with Crippen molar-refractivity contribution in [3.05, 3.63) is 50.8 Å². The number of hydrogen-bond donors (Lipinski definition) is 1. The first-order chi connectivity index (χ1) is 11.6. The Hall–Kier alpha value is -2.15. The van der Waals surface area contributed by atoms with Gasteiger partial charge in [-0.25, -0.2) is 9.78 Å². The summed E-state index contributed by atoms with van der Waals surface area (Å²) in [5.74, 6) is 1.56. The van der Waals surface area contributed by atoms with Gasteiger partial charge in [-0.1, -0.05) is 0 Å². The standard InChI is InChI=1S/C17H25N5O2/c1-3-21-8-6-18-16(21)14-5-4-7-20(12-14)9-10-22-15(23)11-13(2)19-17(22)24/h6,8,11,14H,3-5,7,9-10,12H2,1-2H3,(H,19,24)/t14-/m1/s1. The number of aryl methyl sites for hydroxylation is 2. The number of nitrogens with one attached hydrogen (secondary N) is 1. The third-order valence-corrected chi connectivity index (χ3v) is 4.75. The number of imidazole rings is 1. The van der Waals surface area contributed by atoms with E-state index in [4.69, 9.17) is 0 Å². The van der Waals surface area contributed by atoms with Gasteiger partial charge < -0.3 is 14.5 Å². The van der Waals surface area contributed by atoms with E-state index >= 15 is 0 Å². The lowest BCUT2D eigenvalue weighted by atomic mass is 9.97. The summed E-state index contributed by atoms with van der Waals surface area (Å²) in [7, 11) is 0. The first-order valence-corrected chi connectivity index (χ1v) is 8.62. The van der Waals surface area contributed by atoms with E-state index in [2.05, 4.69) is 26.4 Å². The largest absolute Gasteiger partial charge is 0.335 e. The number of hydrogen-bond acceptors (Lipinski definition) is 4. The number of likely N-dealkylation sites (tertiary alicyclic amines) is 1.